The van der Waals surface area contributed by atoms with Gasteiger partial charge in [0.1, 0.15) is 19.0 Å². The normalized spacial score (nSPS) is 22.5. The Hall–Kier alpha value is -4.56. The van der Waals surface area contributed by atoms with E-state index in [-0.39, 0.29) is 141 Å². The number of nitrogens with two attached hydrogens (primary N) is 3. The number of aliphatic hydroxyl groups excluding tert-OH is 6. The van der Waals surface area contributed by atoms with Crippen molar-refractivity contribution >= 4 is 336 Å². The number of terminal acetylenes is 1. The van der Waals surface area contributed by atoms with E-state index in [1.807, 2.05) is 30.4 Å². The van der Waals surface area contributed by atoms with Gasteiger partial charge in [-0.05, 0) is 83.0 Å². The molecule has 7 aliphatic carbocycles. The Labute approximate surface area is 884 Å². The number of nitrogens with one attached hydrogen (secondary N) is 3. The summed E-state index contributed by atoms with van der Waals surface area (Å²) in [6.07, 6.45) is 28.0. The van der Waals surface area contributed by atoms with Gasteiger partial charge in [0.15, 0.2) is 50.3 Å². The van der Waals surface area contributed by atoms with Crippen molar-refractivity contribution in [3.63, 3.8) is 0 Å². The van der Waals surface area contributed by atoms with Crippen LogP contribution < -0.4 is 38.1 Å². The van der Waals surface area contributed by atoms with Gasteiger partial charge in [-0.3, -0.25) is 23.4 Å². The molecule has 8 aliphatic rings. The fourth-order valence-electron chi connectivity index (χ4n) is 13.0. The summed E-state index contributed by atoms with van der Waals surface area (Å²) < 4.78 is 73.2. The lowest BCUT2D eigenvalue weighted by atomic mass is 10.1. The molecule has 2 bridgehead atoms. The van der Waals surface area contributed by atoms with Crippen LogP contribution in [0.1, 0.15) is 105 Å². The Morgan fingerprint density at radius 3 is 1.19 bits per heavy atom. The third-order valence-electron chi connectivity index (χ3n) is 18.4. The molecule has 6 aromatic rings. The van der Waals surface area contributed by atoms with E-state index in [2.05, 4.69) is 147 Å². The number of hydrogen-bond donors (Lipinski definition) is 13. The number of nitriles is 2. The second-order valence-corrected chi connectivity index (χ2v) is 65.0. The lowest BCUT2D eigenvalue weighted by Crippen LogP contribution is -2.26. The van der Waals surface area contributed by atoms with E-state index < -0.39 is 53.0 Å². The number of aliphatic hydroxyl groups is 6. The minimum absolute atomic E-state index is 0. The van der Waals surface area contributed by atoms with Crippen molar-refractivity contribution in [3.05, 3.63) is 72.7 Å². The van der Waals surface area contributed by atoms with Crippen molar-refractivity contribution in [2.24, 2.45) is 57.4 Å². The van der Waals surface area contributed by atoms with Crippen molar-refractivity contribution in [3.8, 4) is 36.3 Å². The fraction of sp³-hybridized carbons (Fsp3) is 0.552. The van der Waals surface area contributed by atoms with Crippen LogP contribution in [-0.4, -0.2) is 241 Å². The van der Waals surface area contributed by atoms with Crippen LogP contribution in [0.25, 0.3) is 33.5 Å². The summed E-state index contributed by atoms with van der Waals surface area (Å²) in [6, 6.07) is 3.38. The van der Waals surface area contributed by atoms with Gasteiger partial charge in [-0.2, -0.15) is 27.4 Å². The quantitative estimate of drug-likeness (QED) is 0.0175. The molecule has 1 aliphatic heterocycles. The maximum atomic E-state index is 11.7. The van der Waals surface area contributed by atoms with Gasteiger partial charge in [-0.15, -0.1) is 34.1 Å². The number of ether oxygens (including phenoxy) is 3. The predicted molar refractivity (Wildman–Crippen MR) is 584 cm³/mol. The van der Waals surface area contributed by atoms with Crippen molar-refractivity contribution in [2.75, 3.05) is 58.9 Å². The molecule has 0 aromatic carbocycles. The van der Waals surface area contributed by atoms with Crippen molar-refractivity contribution in [1.29, 1.82) is 10.5 Å². The first-order valence-corrected chi connectivity index (χ1v) is 70.4. The largest absolute Gasteiger partial charge is 0.469 e. The predicted octanol–water partition coefficient (Wildman–Crippen LogP) is 2.21. The first-order valence-electron chi connectivity index (χ1n) is 38.0. The second kappa shape index (κ2) is 74.3. The van der Waals surface area contributed by atoms with Gasteiger partial charge in [0.05, 0.1) is 100 Å². The highest BCUT2D eigenvalue weighted by Crippen LogP contribution is 2.40. The number of carbonyl (C=O) groups excluding carboxylic acids is 4. The summed E-state index contributed by atoms with van der Waals surface area (Å²) in [6.45, 7) is 4.28. The molecule has 3 saturated carbocycles. The van der Waals surface area contributed by atoms with Crippen LogP contribution in [0.3, 0.4) is 0 Å². The molecule has 0 radical (unpaired) electrons. The van der Waals surface area contributed by atoms with Crippen molar-refractivity contribution < 1.29 is 90.7 Å². The van der Waals surface area contributed by atoms with Gasteiger partial charge in [0.2, 0.25) is 15.1 Å². The lowest BCUT2D eigenvalue weighted by Gasteiger charge is -2.14. The highest BCUT2D eigenvalue weighted by Gasteiger charge is 2.40. The molecule has 18 N–H and O–H groups in total. The van der Waals surface area contributed by atoms with Crippen LogP contribution >= 0.6 is 56.1 Å². The van der Waals surface area contributed by atoms with Gasteiger partial charge in [-0.1, -0.05) is 81.8 Å². The number of methoxy groups -OCH3 is 3. The SMILES string of the molecule is C#CC#CC.CC#N.CC#N.CO.COC(=O)[C@H]1C=C[C@@H](N)C1.COC(=O)[C@H]1C=C[C@@H](Nc2ncnc3c2nnn3C2CC(O)C(CO)C2)C1.COC(=O)[C@H]1C=C[C@@H](Nc2ncnc3c2nnn3C2CC(O)C(COS(N)(=O)=O)C2)C1.Cl.N.NS(=O)(=O)Cl.O=C1N[C@@H]2C=C[C@H]1C2.O=S(Cl)Cl.OCC1CC(n2nnc3c(Cl)ncnc32)CC1O.S=S=S=S=S=S=S=S=S=S=S=S=S=S=S=S=S=S=S=S.[HH]. The van der Waals surface area contributed by atoms with E-state index in [0.717, 1.165) is 13.5 Å². The number of aromatic nitrogens is 15. The number of rotatable bonds is 15. The maximum absolute atomic E-state index is 11.7. The molecule has 7 heterocycles. The topological polar surface area (TPSA) is 678 Å². The molecular formula is C67H97Cl5N24O19S23. The van der Waals surface area contributed by atoms with Crippen molar-refractivity contribution in [2.45, 2.75) is 146 Å². The van der Waals surface area contributed by atoms with Gasteiger partial charge < -0.3 is 72.7 Å². The lowest BCUT2D eigenvalue weighted by molar-refractivity contribution is -0.144. The van der Waals surface area contributed by atoms with E-state index in [9.17, 15) is 56.4 Å². The van der Waals surface area contributed by atoms with E-state index in [4.69, 9.17) is 85.7 Å². The van der Waals surface area contributed by atoms with E-state index in [0.29, 0.717) is 109 Å². The summed E-state index contributed by atoms with van der Waals surface area (Å²) in [5.41, 5.74) is 8.59. The molecule has 9 unspecified atom stereocenters. The fourth-order valence-corrected chi connectivity index (χ4v) is 57.4. The van der Waals surface area contributed by atoms with E-state index in [1.54, 1.807) is 187 Å². The molecule has 17 atom stereocenters. The highest BCUT2D eigenvalue weighted by molar-refractivity contribution is 8.78. The number of nitrogens with zero attached hydrogens (tertiary/aromatic N) is 17. The number of esters is 3. The van der Waals surface area contributed by atoms with Crippen LogP contribution in [0, 0.1) is 88.3 Å². The monoisotopic (exact) mass is 2450 g/mol. The third-order valence-corrected chi connectivity index (χ3v) is 57.0. The first kappa shape index (κ1) is 131. The van der Waals surface area contributed by atoms with Crippen LogP contribution in [0.4, 0.5) is 11.6 Å². The Bertz CT molecular complexity index is 6420. The summed E-state index contributed by atoms with van der Waals surface area (Å²) >= 11 is 15.4. The average molecular weight is 2460 g/mol. The minimum Gasteiger partial charge on any atom is -0.469 e. The maximum Gasteiger partial charge on any atom is 0.333 e. The Morgan fingerprint density at radius 1 is 0.572 bits per heavy atom. The molecule has 1 amide bonds. The standard InChI is InChI=1S/C17H23N7O6S.C17H22N6O4.C10H12ClN5O2.C7H11NO2.C6H7NO.C5H4.2C2H3N.CH4O.Cl2OS.ClH2NO2S.ClH.H3N.S20.H2/c1-29-17(26)9-2-3-11(4-9)21-15-14-16(20-8-19-15)24(23-22-14)12-5-10(13(25)6-12)7-30-31(18,27)28;1-27-17(26)9-2-3-11(4-9)20-15-14-16(19-8-18-15)23(22-21-14)12-5-10(7-24)13(25)6-12;11-9-8-10(13-4-12-9)16(15-14-8)6-1-5(3-17)7(18)2-6;1-10-7(9)5-2-3-6(8)4-5;8-6-4-1-2-5(3-4)7-6;1-3-5-4-2;2*1-2-3;1-2;1-4(2)3;1-5(2,3)4;;;1-3-5-7-9-11-13-15-17-19-20-18-16-14-12-10-8-6-4-2;/h2-3,8-13,25H,4-7H2,1H3,(H2,18,27,28)(H,19,20,21);2-3,8-13,24-25H,4-7H2,1H3,(H,18,19,20);4-7,17-18H,1-3H2;2-3,5-6H,4,8H2,1H3;1-2,4-5H,3H2,(H,7,8);1H,2H3;2*1H3;2H,1H3;;(H2,2,3,4);1H;1H3;;1H/t2*9-,10?,11+,12?,13?;;5-,6+;4-,5+;;;;;;;;;;/m00.00........../s1. The third kappa shape index (κ3) is 50.0. The second-order valence-electron chi connectivity index (χ2n) is 26.8. The summed E-state index contributed by atoms with van der Waals surface area (Å²) in [4.78, 5) is 69.9. The van der Waals surface area contributed by atoms with Crippen LogP contribution in [0.15, 0.2) is 67.6 Å². The zero-order valence-electron chi connectivity index (χ0n) is 72.8. The molecule has 43 nitrogen and oxygen atoms in total. The molecule has 14 rings (SSSR count). The summed E-state index contributed by atoms with van der Waals surface area (Å²) in [5.74, 6) is 6.39. The number of amides is 1. The van der Waals surface area contributed by atoms with Gasteiger partial charge in [-0.25, -0.2) is 58.4 Å². The van der Waals surface area contributed by atoms with E-state index in [1.165, 1.54) is 71.9 Å². The molecular weight excluding hydrogens is 2360 g/mol. The number of anilines is 2. The van der Waals surface area contributed by atoms with Crippen LogP contribution in [-0.2, 0) is 249 Å². The summed E-state index contributed by atoms with van der Waals surface area (Å²) in [5, 5.41) is 114. The van der Waals surface area contributed by atoms with Crippen LogP contribution in [0.5, 0.6) is 0 Å². The number of halogens is 5. The van der Waals surface area contributed by atoms with Crippen molar-refractivity contribution in [1.82, 2.24) is 86.4 Å². The van der Waals surface area contributed by atoms with Gasteiger partial charge in [0, 0.05) is 292 Å². The van der Waals surface area contributed by atoms with Crippen LogP contribution in [0.2, 0.25) is 5.15 Å². The highest BCUT2D eigenvalue weighted by atomic mass is 36.0. The minimum atomic E-state index is -4.08. The molecule has 1 saturated heterocycles. The number of fused-ring (bicyclic) bond motifs is 5. The first-order chi connectivity index (χ1) is 65.0. The zero-order valence-corrected chi connectivity index (χ0v) is 95.4. The average Bonchev–Trinajstić information content (AvgIpc) is 2.12. The Morgan fingerprint density at radius 2 is 0.906 bits per heavy atom. The van der Waals surface area contributed by atoms with Gasteiger partial charge >= 0.3 is 28.2 Å². The number of carbonyl (C=O) groups is 4. The Kier molecular flexibility index (Phi) is 70.8. The zero-order chi connectivity index (χ0) is 101. The summed E-state index contributed by atoms with van der Waals surface area (Å²) in [7, 11) is 39.8. The Balaban J connectivity index is 0.00000162. The molecule has 4 fully saturated rings. The van der Waals surface area contributed by atoms with E-state index >= 15 is 0 Å². The molecule has 138 heavy (non-hydrogen) atoms. The molecule has 6 aromatic heterocycles. The number of hydrogen-bond acceptors (Lipinski definition) is 39. The molecule has 772 valence electrons. The smallest absolute Gasteiger partial charge is 0.333 e. The molecule has 0 spiro atoms. The van der Waals surface area contributed by atoms with Gasteiger partial charge in [0.25, 0.3) is 9.24 Å². The molecule has 71 heteroatoms.